The Kier molecular flexibility index (Phi) is 8.93. The zero-order valence-corrected chi connectivity index (χ0v) is 20.3. The van der Waals surface area contributed by atoms with E-state index in [0.29, 0.717) is 29.6 Å². The average molecular weight is 483 g/mol. The molecule has 0 aliphatic carbocycles. The smallest absolute Gasteiger partial charge is 0.243 e. The molecule has 0 spiro atoms. The van der Waals surface area contributed by atoms with Crippen molar-refractivity contribution in [1.82, 2.24) is 10.2 Å². The molecule has 0 unspecified atom stereocenters. The maximum atomic E-state index is 13.4. The topological polar surface area (TPSA) is 49.4 Å². The summed E-state index contributed by atoms with van der Waals surface area (Å²) in [6, 6.07) is 23.8. The SMILES string of the molecule is CC(C)C(=O)N(Cc1ccc(Cl)cc1)[C@@H](Cc1ccccc1)C(=O)NCc1ccc(Cl)cc1. The lowest BCUT2D eigenvalue weighted by Crippen LogP contribution is -2.51. The number of carbonyl (C=O) groups excluding carboxylic acids is 2. The molecule has 0 heterocycles. The highest BCUT2D eigenvalue weighted by atomic mass is 35.5. The first kappa shape index (κ1) is 24.8. The van der Waals surface area contributed by atoms with Crippen LogP contribution in [0, 0.1) is 5.92 Å². The molecule has 0 aromatic heterocycles. The lowest BCUT2D eigenvalue weighted by molar-refractivity contribution is -0.143. The second-order valence-electron chi connectivity index (χ2n) is 8.30. The van der Waals surface area contributed by atoms with Crippen molar-refractivity contribution >= 4 is 35.0 Å². The van der Waals surface area contributed by atoms with Crippen molar-refractivity contribution in [2.45, 2.75) is 39.4 Å². The number of halogens is 2. The number of hydrogen-bond donors (Lipinski definition) is 1. The Morgan fingerprint density at radius 2 is 1.33 bits per heavy atom. The van der Waals surface area contributed by atoms with Gasteiger partial charge in [-0.25, -0.2) is 0 Å². The summed E-state index contributed by atoms with van der Waals surface area (Å²) in [4.78, 5) is 28.4. The summed E-state index contributed by atoms with van der Waals surface area (Å²) in [6.45, 7) is 4.37. The molecule has 0 saturated carbocycles. The molecular weight excluding hydrogens is 455 g/mol. The monoisotopic (exact) mass is 482 g/mol. The van der Waals surface area contributed by atoms with Crippen molar-refractivity contribution in [1.29, 1.82) is 0 Å². The predicted octanol–water partition coefficient (Wildman–Crippen LogP) is 5.91. The maximum Gasteiger partial charge on any atom is 0.243 e. The summed E-state index contributed by atoms with van der Waals surface area (Å²) >= 11 is 12.0. The summed E-state index contributed by atoms with van der Waals surface area (Å²) in [7, 11) is 0. The van der Waals surface area contributed by atoms with Crippen LogP contribution >= 0.6 is 23.2 Å². The number of carbonyl (C=O) groups is 2. The largest absolute Gasteiger partial charge is 0.350 e. The fraction of sp³-hybridized carbons (Fsp3) is 0.259. The number of nitrogens with one attached hydrogen (secondary N) is 1. The average Bonchev–Trinajstić information content (AvgIpc) is 2.82. The molecule has 172 valence electrons. The van der Waals surface area contributed by atoms with Crippen molar-refractivity contribution < 1.29 is 9.59 Å². The van der Waals surface area contributed by atoms with Gasteiger partial charge in [-0.15, -0.1) is 0 Å². The summed E-state index contributed by atoms with van der Waals surface area (Å²) in [6.07, 6.45) is 0.416. The summed E-state index contributed by atoms with van der Waals surface area (Å²) in [5, 5.41) is 4.28. The van der Waals surface area contributed by atoms with Crippen molar-refractivity contribution in [3.63, 3.8) is 0 Å². The molecule has 0 aliphatic rings. The predicted molar refractivity (Wildman–Crippen MR) is 134 cm³/mol. The third kappa shape index (κ3) is 7.34. The fourth-order valence-corrected chi connectivity index (χ4v) is 3.80. The lowest BCUT2D eigenvalue weighted by atomic mass is 10.0. The van der Waals surface area contributed by atoms with Crippen LogP contribution in [-0.2, 0) is 29.1 Å². The molecule has 33 heavy (non-hydrogen) atoms. The molecule has 1 N–H and O–H groups in total. The Morgan fingerprint density at radius 1 is 0.788 bits per heavy atom. The van der Waals surface area contributed by atoms with Crippen molar-refractivity contribution in [2.24, 2.45) is 5.92 Å². The van der Waals surface area contributed by atoms with E-state index in [4.69, 9.17) is 23.2 Å². The van der Waals surface area contributed by atoms with Crippen LogP contribution in [0.5, 0.6) is 0 Å². The molecule has 4 nitrogen and oxygen atoms in total. The van der Waals surface area contributed by atoms with E-state index in [1.165, 1.54) is 0 Å². The summed E-state index contributed by atoms with van der Waals surface area (Å²) < 4.78 is 0. The minimum atomic E-state index is -0.662. The molecule has 0 fully saturated rings. The van der Waals surface area contributed by atoms with Gasteiger partial charge >= 0.3 is 0 Å². The summed E-state index contributed by atoms with van der Waals surface area (Å²) in [5.74, 6) is -0.524. The van der Waals surface area contributed by atoms with Crippen molar-refractivity contribution in [3.05, 3.63) is 106 Å². The molecule has 0 bridgehead atoms. The van der Waals surface area contributed by atoms with Crippen LogP contribution in [0.3, 0.4) is 0 Å². The second kappa shape index (κ2) is 11.9. The zero-order chi connectivity index (χ0) is 23.8. The van der Waals surface area contributed by atoms with Gasteiger partial charge in [0.25, 0.3) is 0 Å². The quantitative estimate of drug-likeness (QED) is 0.412. The van der Waals surface area contributed by atoms with Gasteiger partial charge in [0.2, 0.25) is 11.8 Å². The molecule has 6 heteroatoms. The van der Waals surface area contributed by atoms with Gasteiger partial charge in [0.1, 0.15) is 6.04 Å². The Hall–Kier alpha value is -2.82. The van der Waals surface area contributed by atoms with E-state index in [0.717, 1.165) is 16.7 Å². The van der Waals surface area contributed by atoms with Crippen molar-refractivity contribution in [2.75, 3.05) is 0 Å². The molecule has 0 aliphatic heterocycles. The first-order chi connectivity index (χ1) is 15.8. The second-order valence-corrected chi connectivity index (χ2v) is 9.17. The number of amides is 2. The van der Waals surface area contributed by atoms with Gasteiger partial charge in [0.15, 0.2) is 0 Å². The number of rotatable bonds is 9. The van der Waals surface area contributed by atoms with Crippen LogP contribution in [0.1, 0.15) is 30.5 Å². The van der Waals surface area contributed by atoms with Gasteiger partial charge in [0, 0.05) is 35.5 Å². The van der Waals surface area contributed by atoms with Gasteiger partial charge in [0.05, 0.1) is 0 Å². The highest BCUT2D eigenvalue weighted by Gasteiger charge is 2.31. The van der Waals surface area contributed by atoms with Crippen LogP contribution in [0.2, 0.25) is 10.0 Å². The van der Waals surface area contributed by atoms with Crippen LogP contribution < -0.4 is 5.32 Å². The van der Waals surface area contributed by atoms with E-state index in [9.17, 15) is 9.59 Å². The molecule has 3 aromatic carbocycles. The highest BCUT2D eigenvalue weighted by Crippen LogP contribution is 2.19. The number of hydrogen-bond acceptors (Lipinski definition) is 2. The van der Waals surface area contributed by atoms with Gasteiger partial charge in [-0.3, -0.25) is 9.59 Å². The Morgan fingerprint density at radius 3 is 1.88 bits per heavy atom. The van der Waals surface area contributed by atoms with Crippen LogP contribution in [-0.4, -0.2) is 22.8 Å². The van der Waals surface area contributed by atoms with Gasteiger partial charge in [-0.2, -0.15) is 0 Å². The normalized spacial score (nSPS) is 11.8. The number of benzene rings is 3. The Balaban J connectivity index is 1.88. The third-order valence-electron chi connectivity index (χ3n) is 5.37. The molecular formula is C27H28Cl2N2O2. The third-order valence-corrected chi connectivity index (χ3v) is 5.88. The van der Waals surface area contributed by atoms with Gasteiger partial charge in [-0.05, 0) is 41.0 Å². The Labute approximate surface area is 205 Å². The molecule has 0 radical (unpaired) electrons. The minimum Gasteiger partial charge on any atom is -0.350 e. The van der Waals surface area contributed by atoms with Gasteiger partial charge < -0.3 is 10.2 Å². The van der Waals surface area contributed by atoms with Gasteiger partial charge in [-0.1, -0.05) is 91.6 Å². The van der Waals surface area contributed by atoms with E-state index < -0.39 is 6.04 Å². The first-order valence-corrected chi connectivity index (χ1v) is 11.7. The van der Waals surface area contributed by atoms with Crippen LogP contribution in [0.25, 0.3) is 0 Å². The minimum absolute atomic E-state index is 0.0764. The van der Waals surface area contributed by atoms with E-state index >= 15 is 0 Å². The zero-order valence-electron chi connectivity index (χ0n) is 18.8. The standard InChI is InChI=1S/C27H28Cl2N2O2/c1-19(2)27(33)31(18-22-10-14-24(29)15-11-22)25(16-20-6-4-3-5-7-20)26(32)30-17-21-8-12-23(28)13-9-21/h3-15,19,25H,16-18H2,1-2H3,(H,30,32)/t25-/m0/s1. The van der Waals surface area contributed by atoms with E-state index in [1.54, 1.807) is 29.2 Å². The summed E-state index contributed by atoms with van der Waals surface area (Å²) in [5.41, 5.74) is 2.84. The number of nitrogens with zero attached hydrogens (tertiary/aromatic N) is 1. The van der Waals surface area contributed by atoms with Crippen molar-refractivity contribution in [3.8, 4) is 0 Å². The molecule has 1 atom stereocenters. The van der Waals surface area contributed by atoms with E-state index in [2.05, 4.69) is 5.32 Å². The van der Waals surface area contributed by atoms with E-state index in [-0.39, 0.29) is 17.7 Å². The van der Waals surface area contributed by atoms with Crippen LogP contribution in [0.4, 0.5) is 0 Å². The first-order valence-electron chi connectivity index (χ1n) is 10.9. The Bertz CT molecular complexity index is 1050. The van der Waals surface area contributed by atoms with Crippen LogP contribution in [0.15, 0.2) is 78.9 Å². The fourth-order valence-electron chi connectivity index (χ4n) is 3.55. The van der Waals surface area contributed by atoms with E-state index in [1.807, 2.05) is 68.4 Å². The highest BCUT2D eigenvalue weighted by molar-refractivity contribution is 6.30. The molecule has 0 saturated heterocycles. The lowest BCUT2D eigenvalue weighted by Gasteiger charge is -2.33. The molecule has 3 aromatic rings. The molecule has 3 rings (SSSR count). The maximum absolute atomic E-state index is 13.4. The molecule has 2 amide bonds.